The van der Waals surface area contributed by atoms with Crippen LogP contribution < -0.4 is 0 Å². The van der Waals surface area contributed by atoms with Gasteiger partial charge in [-0.05, 0) is 24.3 Å². The molecule has 0 unspecified atom stereocenters. The lowest BCUT2D eigenvalue weighted by Crippen LogP contribution is -1.76. The number of pyridine rings is 2. The third-order valence-corrected chi connectivity index (χ3v) is 3.22. The lowest BCUT2D eigenvalue weighted by molar-refractivity contribution is 0.480. The minimum atomic E-state index is 0. The van der Waals surface area contributed by atoms with Crippen LogP contribution in [-0.4, -0.2) is 25.7 Å². The molecule has 0 saturated carbocycles. The van der Waals surface area contributed by atoms with Crippen molar-refractivity contribution < 1.29 is 15.7 Å². The van der Waals surface area contributed by atoms with Crippen LogP contribution in [0.15, 0.2) is 73.1 Å². The number of nitrogens with zero attached hydrogens (tertiary/aromatic N) is 2. The van der Waals surface area contributed by atoms with E-state index in [2.05, 4.69) is 9.97 Å². The van der Waals surface area contributed by atoms with Crippen LogP contribution >= 0.6 is 0 Å². The van der Waals surface area contributed by atoms with Crippen LogP contribution in [0.1, 0.15) is 0 Å². The van der Waals surface area contributed by atoms with Crippen LogP contribution in [0.3, 0.4) is 0 Å². The molecular formula is C18H16N2O3. The first-order valence-electron chi connectivity index (χ1n) is 6.81. The van der Waals surface area contributed by atoms with Crippen LogP contribution in [0.5, 0.6) is 11.5 Å². The average Bonchev–Trinajstić information content (AvgIpc) is 2.57. The van der Waals surface area contributed by atoms with Gasteiger partial charge < -0.3 is 15.7 Å². The third kappa shape index (κ3) is 3.53. The number of hydrogen-bond donors (Lipinski definition) is 2. The van der Waals surface area contributed by atoms with Crippen LogP contribution in [0.4, 0.5) is 0 Å². The molecule has 0 amide bonds. The standard InChI is InChI=1S/2C9H7NO.H2O/c2*11-8-5-1-3-7-4-2-6-10-9(7)8;/h2*1-6,11H;1H2. The van der Waals surface area contributed by atoms with Crippen molar-refractivity contribution in [2.24, 2.45) is 0 Å². The van der Waals surface area contributed by atoms with E-state index in [0.717, 1.165) is 10.8 Å². The van der Waals surface area contributed by atoms with Crippen molar-refractivity contribution in [2.45, 2.75) is 0 Å². The molecule has 23 heavy (non-hydrogen) atoms. The summed E-state index contributed by atoms with van der Waals surface area (Å²) < 4.78 is 0. The van der Waals surface area contributed by atoms with Gasteiger partial charge in [-0.3, -0.25) is 9.97 Å². The first kappa shape index (κ1) is 16.2. The molecule has 4 N–H and O–H groups in total. The molecule has 5 nitrogen and oxygen atoms in total. The number of phenols is 2. The zero-order valence-corrected chi connectivity index (χ0v) is 12.2. The summed E-state index contributed by atoms with van der Waals surface area (Å²) in [4.78, 5) is 8.06. The molecule has 4 aromatic rings. The van der Waals surface area contributed by atoms with Gasteiger partial charge in [-0.25, -0.2) is 0 Å². The molecule has 0 aliphatic rings. The Kier molecular flexibility index (Phi) is 5.07. The number of para-hydroxylation sites is 2. The highest BCUT2D eigenvalue weighted by molar-refractivity contribution is 5.84. The number of rotatable bonds is 0. The predicted octanol–water partition coefficient (Wildman–Crippen LogP) is 3.06. The van der Waals surface area contributed by atoms with Crippen molar-refractivity contribution >= 4 is 21.8 Å². The maximum absolute atomic E-state index is 9.31. The highest BCUT2D eigenvalue weighted by atomic mass is 16.3. The van der Waals surface area contributed by atoms with E-state index in [9.17, 15) is 10.2 Å². The molecule has 0 fully saturated rings. The molecule has 0 bridgehead atoms. The maximum Gasteiger partial charge on any atom is 0.141 e. The fourth-order valence-electron chi connectivity index (χ4n) is 2.18. The fourth-order valence-corrected chi connectivity index (χ4v) is 2.18. The first-order chi connectivity index (χ1) is 10.8. The molecule has 2 heterocycles. The third-order valence-electron chi connectivity index (χ3n) is 3.22. The number of aromatic nitrogens is 2. The number of benzene rings is 2. The van der Waals surface area contributed by atoms with Crippen LogP contribution in [0.25, 0.3) is 21.8 Å². The molecule has 4 rings (SSSR count). The molecule has 5 heteroatoms. The number of phenolic OH excluding ortho intramolecular Hbond substituents is 2. The van der Waals surface area contributed by atoms with Crippen molar-refractivity contribution in [1.82, 2.24) is 9.97 Å². The smallest absolute Gasteiger partial charge is 0.141 e. The van der Waals surface area contributed by atoms with E-state index in [-0.39, 0.29) is 17.0 Å². The number of hydrogen-bond acceptors (Lipinski definition) is 4. The van der Waals surface area contributed by atoms with E-state index in [1.54, 1.807) is 36.7 Å². The Hall–Kier alpha value is -3.18. The summed E-state index contributed by atoms with van der Waals surface area (Å²) in [5.41, 5.74) is 1.32. The molecule has 0 saturated heterocycles. The summed E-state index contributed by atoms with van der Waals surface area (Å²) in [7, 11) is 0. The number of aromatic hydroxyl groups is 2. The van der Waals surface area contributed by atoms with E-state index < -0.39 is 0 Å². The van der Waals surface area contributed by atoms with Gasteiger partial charge >= 0.3 is 0 Å². The van der Waals surface area contributed by atoms with Crippen molar-refractivity contribution in [1.29, 1.82) is 0 Å². The zero-order valence-electron chi connectivity index (χ0n) is 12.2. The molecular weight excluding hydrogens is 292 g/mol. The lowest BCUT2D eigenvalue weighted by atomic mass is 10.2. The minimum Gasteiger partial charge on any atom is -0.506 e. The van der Waals surface area contributed by atoms with E-state index >= 15 is 0 Å². The zero-order chi connectivity index (χ0) is 15.4. The van der Waals surface area contributed by atoms with Gasteiger partial charge in [-0.15, -0.1) is 0 Å². The molecule has 0 radical (unpaired) electrons. The molecule has 116 valence electrons. The predicted molar refractivity (Wildman–Crippen MR) is 90.4 cm³/mol. The van der Waals surface area contributed by atoms with Crippen molar-refractivity contribution in [2.75, 3.05) is 0 Å². The molecule has 0 spiro atoms. The van der Waals surface area contributed by atoms with Crippen molar-refractivity contribution in [3.63, 3.8) is 0 Å². The monoisotopic (exact) mass is 308 g/mol. The largest absolute Gasteiger partial charge is 0.506 e. The summed E-state index contributed by atoms with van der Waals surface area (Å²) >= 11 is 0. The summed E-state index contributed by atoms with van der Waals surface area (Å²) in [6, 6.07) is 18.3. The Bertz CT molecular complexity index is 838. The second-order valence-corrected chi connectivity index (χ2v) is 4.70. The fraction of sp³-hybridized carbons (Fsp3) is 0. The summed E-state index contributed by atoms with van der Waals surface area (Å²) in [5, 5.41) is 20.5. The van der Waals surface area contributed by atoms with Crippen LogP contribution in [0, 0.1) is 0 Å². The minimum absolute atomic E-state index is 0. The Morgan fingerprint density at radius 2 is 0.957 bits per heavy atom. The van der Waals surface area contributed by atoms with E-state index in [1.807, 2.05) is 36.4 Å². The summed E-state index contributed by atoms with van der Waals surface area (Å²) in [6.07, 6.45) is 3.34. The molecule has 0 atom stereocenters. The summed E-state index contributed by atoms with van der Waals surface area (Å²) in [6.45, 7) is 0. The van der Waals surface area contributed by atoms with Gasteiger partial charge in [0.1, 0.15) is 22.5 Å². The first-order valence-corrected chi connectivity index (χ1v) is 6.81. The molecule has 0 aliphatic heterocycles. The lowest BCUT2D eigenvalue weighted by Gasteiger charge is -1.96. The van der Waals surface area contributed by atoms with Gasteiger partial charge in [0.05, 0.1) is 0 Å². The quantitative estimate of drug-likeness (QED) is 0.521. The highest BCUT2D eigenvalue weighted by Gasteiger charge is 1.97. The summed E-state index contributed by atoms with van der Waals surface area (Å²) in [5.74, 6) is 0.478. The topological polar surface area (TPSA) is 97.7 Å². The highest BCUT2D eigenvalue weighted by Crippen LogP contribution is 2.21. The average molecular weight is 308 g/mol. The van der Waals surface area contributed by atoms with Crippen LogP contribution in [-0.2, 0) is 0 Å². The second-order valence-electron chi connectivity index (χ2n) is 4.70. The molecule has 2 aromatic heterocycles. The van der Waals surface area contributed by atoms with Crippen molar-refractivity contribution in [3.8, 4) is 11.5 Å². The van der Waals surface area contributed by atoms with E-state index in [0.29, 0.717) is 11.0 Å². The number of fused-ring (bicyclic) bond motifs is 2. The van der Waals surface area contributed by atoms with Crippen molar-refractivity contribution in [3.05, 3.63) is 73.1 Å². The normalized spacial score (nSPS) is 9.74. The van der Waals surface area contributed by atoms with Gasteiger partial charge in [-0.2, -0.15) is 0 Å². The van der Waals surface area contributed by atoms with E-state index in [1.165, 1.54) is 0 Å². The maximum atomic E-state index is 9.31. The second kappa shape index (κ2) is 7.20. The van der Waals surface area contributed by atoms with Gasteiger partial charge in [0, 0.05) is 23.2 Å². The Morgan fingerprint density at radius 1 is 0.565 bits per heavy atom. The SMILES string of the molecule is O.Oc1cccc2cccnc12.Oc1cccc2cccnc12. The Morgan fingerprint density at radius 3 is 1.35 bits per heavy atom. The Balaban J connectivity index is 0.000000160. The van der Waals surface area contributed by atoms with Crippen LogP contribution in [0.2, 0.25) is 0 Å². The van der Waals surface area contributed by atoms with Gasteiger partial charge in [-0.1, -0.05) is 36.4 Å². The van der Waals surface area contributed by atoms with Gasteiger partial charge in [0.25, 0.3) is 0 Å². The van der Waals surface area contributed by atoms with E-state index in [4.69, 9.17) is 0 Å². The molecule has 0 aliphatic carbocycles. The van der Waals surface area contributed by atoms with Gasteiger partial charge in [0.2, 0.25) is 0 Å². The van der Waals surface area contributed by atoms with Gasteiger partial charge in [0.15, 0.2) is 0 Å². The molecule has 2 aromatic carbocycles. The Labute approximate surface area is 132 Å².